The van der Waals surface area contributed by atoms with Gasteiger partial charge in [0.25, 0.3) is 5.56 Å². The molecule has 0 saturated heterocycles. The van der Waals surface area contributed by atoms with Crippen LogP contribution in [0, 0.1) is 0 Å². The van der Waals surface area contributed by atoms with E-state index in [0.29, 0.717) is 12.4 Å². The van der Waals surface area contributed by atoms with Crippen LogP contribution in [0.5, 0.6) is 0 Å². The second-order valence-electron chi connectivity index (χ2n) is 2.63. The van der Waals surface area contributed by atoms with Crippen molar-refractivity contribution in [2.75, 3.05) is 0 Å². The zero-order valence-corrected chi connectivity index (χ0v) is 7.28. The molecule has 0 aliphatic carbocycles. The summed E-state index contributed by atoms with van der Waals surface area (Å²) in [7, 11) is 0. The zero-order chi connectivity index (χ0) is 8.55. The quantitative estimate of drug-likeness (QED) is 0.641. The van der Waals surface area contributed by atoms with E-state index in [0.717, 1.165) is 22.8 Å². The van der Waals surface area contributed by atoms with Crippen LogP contribution in [0.1, 0.15) is 17.1 Å². The summed E-state index contributed by atoms with van der Waals surface area (Å²) in [6.45, 7) is 0.299. The van der Waals surface area contributed by atoms with Crippen LogP contribution in [0.2, 0.25) is 0 Å². The highest BCUT2D eigenvalue weighted by Crippen LogP contribution is 2.24. The smallest absolute Gasteiger partial charge is 0.255 e. The number of H-pyrrole nitrogens is 1. The van der Waals surface area contributed by atoms with Crippen LogP contribution in [-0.4, -0.2) is 9.97 Å². The SMILES string of the molecule is NCc1nc2c(c(=O)[nH]1)CSC2. The second-order valence-corrected chi connectivity index (χ2v) is 3.62. The zero-order valence-electron chi connectivity index (χ0n) is 6.46. The van der Waals surface area contributed by atoms with E-state index in [4.69, 9.17) is 5.73 Å². The molecule has 1 aliphatic rings. The van der Waals surface area contributed by atoms with Crippen molar-refractivity contribution < 1.29 is 0 Å². The summed E-state index contributed by atoms with van der Waals surface area (Å²) in [5.41, 5.74) is 7.07. The highest BCUT2D eigenvalue weighted by atomic mass is 32.2. The van der Waals surface area contributed by atoms with Crippen molar-refractivity contribution >= 4 is 11.8 Å². The van der Waals surface area contributed by atoms with Crippen LogP contribution < -0.4 is 11.3 Å². The summed E-state index contributed by atoms with van der Waals surface area (Å²) in [4.78, 5) is 18.2. The Morgan fingerprint density at radius 2 is 2.42 bits per heavy atom. The maximum absolute atomic E-state index is 11.3. The van der Waals surface area contributed by atoms with Gasteiger partial charge < -0.3 is 10.7 Å². The Labute approximate surface area is 73.6 Å². The first-order valence-electron chi connectivity index (χ1n) is 3.70. The van der Waals surface area contributed by atoms with E-state index >= 15 is 0 Å². The average Bonchev–Trinajstić information content (AvgIpc) is 2.52. The minimum absolute atomic E-state index is 0.0227. The third-order valence-corrected chi connectivity index (χ3v) is 2.80. The molecule has 12 heavy (non-hydrogen) atoms. The summed E-state index contributed by atoms with van der Waals surface area (Å²) in [5.74, 6) is 2.20. The van der Waals surface area contributed by atoms with Crippen molar-refractivity contribution in [3.05, 3.63) is 27.4 Å². The van der Waals surface area contributed by atoms with Gasteiger partial charge in [0.1, 0.15) is 5.82 Å². The van der Waals surface area contributed by atoms with Crippen molar-refractivity contribution in [2.24, 2.45) is 5.73 Å². The molecule has 2 rings (SSSR count). The van der Waals surface area contributed by atoms with E-state index in [1.165, 1.54) is 0 Å². The van der Waals surface area contributed by atoms with Gasteiger partial charge in [0.15, 0.2) is 0 Å². The molecule has 0 unspecified atom stereocenters. The Morgan fingerprint density at radius 3 is 3.17 bits per heavy atom. The Bertz CT molecular complexity index is 360. The lowest BCUT2D eigenvalue weighted by atomic mass is 10.3. The first kappa shape index (κ1) is 7.82. The lowest BCUT2D eigenvalue weighted by Crippen LogP contribution is -2.18. The minimum atomic E-state index is -0.0227. The van der Waals surface area contributed by atoms with Gasteiger partial charge in [-0.3, -0.25) is 4.79 Å². The lowest BCUT2D eigenvalue weighted by Gasteiger charge is -1.99. The summed E-state index contributed by atoms with van der Waals surface area (Å²) in [6, 6.07) is 0. The molecule has 2 heterocycles. The Balaban J connectivity index is 2.59. The molecule has 0 amide bonds. The molecule has 0 bridgehead atoms. The van der Waals surface area contributed by atoms with Crippen LogP contribution >= 0.6 is 11.8 Å². The fraction of sp³-hybridized carbons (Fsp3) is 0.429. The summed E-state index contributed by atoms with van der Waals surface area (Å²) >= 11 is 1.71. The van der Waals surface area contributed by atoms with E-state index in [1.807, 2.05) is 0 Å². The van der Waals surface area contributed by atoms with Gasteiger partial charge >= 0.3 is 0 Å². The molecule has 0 spiro atoms. The number of thioether (sulfide) groups is 1. The van der Waals surface area contributed by atoms with Gasteiger partial charge in [0, 0.05) is 17.1 Å². The van der Waals surface area contributed by atoms with Crippen molar-refractivity contribution in [1.29, 1.82) is 0 Å². The highest BCUT2D eigenvalue weighted by molar-refractivity contribution is 7.98. The van der Waals surface area contributed by atoms with Crippen molar-refractivity contribution in [2.45, 2.75) is 18.1 Å². The van der Waals surface area contributed by atoms with Crippen LogP contribution in [-0.2, 0) is 18.1 Å². The number of hydrogen-bond donors (Lipinski definition) is 2. The second kappa shape index (κ2) is 2.91. The van der Waals surface area contributed by atoms with Gasteiger partial charge in [0.05, 0.1) is 12.2 Å². The molecule has 0 saturated carbocycles. The van der Waals surface area contributed by atoms with Crippen LogP contribution in [0.25, 0.3) is 0 Å². The van der Waals surface area contributed by atoms with Crippen LogP contribution in [0.4, 0.5) is 0 Å². The van der Waals surface area contributed by atoms with Gasteiger partial charge in [-0.05, 0) is 0 Å². The monoisotopic (exact) mass is 183 g/mol. The first-order chi connectivity index (χ1) is 5.81. The van der Waals surface area contributed by atoms with Crippen molar-refractivity contribution in [1.82, 2.24) is 9.97 Å². The number of rotatable bonds is 1. The van der Waals surface area contributed by atoms with E-state index in [9.17, 15) is 4.79 Å². The first-order valence-corrected chi connectivity index (χ1v) is 4.85. The van der Waals surface area contributed by atoms with Gasteiger partial charge in [-0.25, -0.2) is 4.98 Å². The fourth-order valence-corrected chi connectivity index (χ4v) is 2.25. The summed E-state index contributed by atoms with van der Waals surface area (Å²) in [5, 5.41) is 0. The molecular weight excluding hydrogens is 174 g/mol. The summed E-state index contributed by atoms with van der Waals surface area (Å²) in [6.07, 6.45) is 0. The third kappa shape index (κ3) is 1.15. The number of nitrogens with zero attached hydrogens (tertiary/aromatic N) is 1. The third-order valence-electron chi connectivity index (χ3n) is 1.83. The average molecular weight is 183 g/mol. The van der Waals surface area contributed by atoms with Crippen LogP contribution in [0.3, 0.4) is 0 Å². The molecule has 0 radical (unpaired) electrons. The van der Waals surface area contributed by atoms with Gasteiger partial charge in [-0.1, -0.05) is 0 Å². The maximum Gasteiger partial charge on any atom is 0.255 e. The van der Waals surface area contributed by atoms with E-state index in [2.05, 4.69) is 9.97 Å². The predicted molar refractivity (Wildman–Crippen MR) is 47.7 cm³/mol. The van der Waals surface area contributed by atoms with Gasteiger partial charge in [0.2, 0.25) is 0 Å². The number of fused-ring (bicyclic) bond motifs is 1. The molecule has 1 aromatic rings. The highest BCUT2D eigenvalue weighted by Gasteiger charge is 2.16. The molecule has 5 heteroatoms. The van der Waals surface area contributed by atoms with Crippen molar-refractivity contribution in [3.63, 3.8) is 0 Å². The van der Waals surface area contributed by atoms with Crippen LogP contribution in [0.15, 0.2) is 4.79 Å². The topological polar surface area (TPSA) is 71.8 Å². The molecule has 4 nitrogen and oxygen atoms in total. The van der Waals surface area contributed by atoms with Crippen molar-refractivity contribution in [3.8, 4) is 0 Å². The standard InChI is InChI=1S/C7H9N3OS/c8-1-6-9-5-3-12-2-4(5)7(11)10-6/h1-3,8H2,(H,9,10,11). The molecule has 64 valence electrons. The fourth-order valence-electron chi connectivity index (χ4n) is 1.21. The minimum Gasteiger partial charge on any atom is -0.324 e. The predicted octanol–water partition coefficient (Wildman–Crippen LogP) is -0.0246. The number of nitrogens with one attached hydrogen (secondary N) is 1. The molecule has 1 aliphatic heterocycles. The molecular formula is C7H9N3OS. The Morgan fingerprint density at radius 1 is 1.58 bits per heavy atom. The van der Waals surface area contributed by atoms with E-state index < -0.39 is 0 Å². The normalized spacial score (nSPS) is 14.8. The summed E-state index contributed by atoms with van der Waals surface area (Å²) < 4.78 is 0. The van der Waals surface area contributed by atoms with E-state index in [1.54, 1.807) is 11.8 Å². The van der Waals surface area contributed by atoms with E-state index in [-0.39, 0.29) is 5.56 Å². The number of nitrogens with two attached hydrogens (primary N) is 1. The number of hydrogen-bond acceptors (Lipinski definition) is 4. The Kier molecular flexibility index (Phi) is 1.90. The number of aromatic amines is 1. The molecule has 0 aromatic carbocycles. The molecule has 0 atom stereocenters. The molecule has 0 fully saturated rings. The lowest BCUT2D eigenvalue weighted by molar-refractivity contribution is 0.863. The van der Waals surface area contributed by atoms with Gasteiger partial charge in [-0.15, -0.1) is 0 Å². The Hall–Kier alpha value is -0.810. The largest absolute Gasteiger partial charge is 0.324 e. The molecule has 3 N–H and O–H groups in total. The van der Waals surface area contributed by atoms with Gasteiger partial charge in [-0.2, -0.15) is 11.8 Å². The maximum atomic E-state index is 11.3. The number of aromatic nitrogens is 2. The molecule has 1 aromatic heterocycles.